The second-order valence-corrected chi connectivity index (χ2v) is 5.80. The van der Waals surface area contributed by atoms with Crippen LogP contribution >= 0.6 is 0 Å². The highest BCUT2D eigenvalue weighted by molar-refractivity contribution is 5.87. The standard InChI is InChI=1S/C18H16FN5O3/c19-12-3-6-15-14(7-12)17(26)24(10-22-15)9-16(25)21-8-11-1-4-13(5-2-11)23-18(20)27/h1-7,10H,8-9H2,(H,21,25)(H3,20,23,27). The first-order valence-corrected chi connectivity index (χ1v) is 7.99. The molecule has 27 heavy (non-hydrogen) atoms. The summed E-state index contributed by atoms with van der Waals surface area (Å²) >= 11 is 0. The van der Waals surface area contributed by atoms with Crippen molar-refractivity contribution in [1.29, 1.82) is 0 Å². The molecule has 0 bridgehead atoms. The van der Waals surface area contributed by atoms with Gasteiger partial charge in [-0.2, -0.15) is 0 Å². The molecule has 2 aromatic carbocycles. The van der Waals surface area contributed by atoms with Crippen molar-refractivity contribution in [1.82, 2.24) is 14.9 Å². The van der Waals surface area contributed by atoms with Gasteiger partial charge in [0.1, 0.15) is 12.4 Å². The maximum atomic E-state index is 13.3. The molecule has 138 valence electrons. The van der Waals surface area contributed by atoms with Crippen LogP contribution in [0.25, 0.3) is 10.9 Å². The van der Waals surface area contributed by atoms with E-state index in [1.54, 1.807) is 24.3 Å². The van der Waals surface area contributed by atoms with Crippen molar-refractivity contribution in [2.75, 3.05) is 5.32 Å². The SMILES string of the molecule is NC(=O)Nc1ccc(CNC(=O)Cn2cnc3ccc(F)cc3c2=O)cc1. The van der Waals surface area contributed by atoms with Gasteiger partial charge in [0, 0.05) is 12.2 Å². The molecular formula is C18H16FN5O3. The molecule has 0 spiro atoms. The maximum Gasteiger partial charge on any atom is 0.316 e. The molecule has 0 aliphatic heterocycles. The average molecular weight is 369 g/mol. The van der Waals surface area contributed by atoms with Crippen LogP contribution in [-0.4, -0.2) is 21.5 Å². The van der Waals surface area contributed by atoms with E-state index >= 15 is 0 Å². The number of benzene rings is 2. The Bertz CT molecular complexity index is 1060. The van der Waals surface area contributed by atoms with Crippen molar-refractivity contribution >= 4 is 28.5 Å². The zero-order valence-corrected chi connectivity index (χ0v) is 14.1. The third kappa shape index (κ3) is 4.46. The Hall–Kier alpha value is -3.75. The molecule has 0 atom stereocenters. The molecule has 0 radical (unpaired) electrons. The van der Waals surface area contributed by atoms with Gasteiger partial charge in [0.2, 0.25) is 5.91 Å². The second kappa shape index (κ2) is 7.65. The number of aromatic nitrogens is 2. The Balaban J connectivity index is 1.64. The molecule has 4 N–H and O–H groups in total. The number of carbonyl (C=O) groups excluding carboxylic acids is 2. The average Bonchev–Trinajstić information content (AvgIpc) is 2.63. The molecule has 0 saturated heterocycles. The van der Waals surface area contributed by atoms with Crippen LogP contribution in [0.15, 0.2) is 53.6 Å². The number of anilines is 1. The van der Waals surface area contributed by atoms with Gasteiger partial charge < -0.3 is 16.4 Å². The molecule has 3 rings (SSSR count). The number of amides is 3. The Labute approximate surface area is 152 Å². The molecule has 0 saturated carbocycles. The number of nitrogens with zero attached hydrogens (tertiary/aromatic N) is 2. The number of rotatable bonds is 5. The van der Waals surface area contributed by atoms with E-state index in [1.807, 2.05) is 0 Å². The number of carbonyl (C=O) groups is 2. The van der Waals surface area contributed by atoms with Gasteiger partial charge >= 0.3 is 6.03 Å². The minimum Gasteiger partial charge on any atom is -0.351 e. The van der Waals surface area contributed by atoms with Crippen LogP contribution in [0.2, 0.25) is 0 Å². The number of halogens is 1. The van der Waals surface area contributed by atoms with Crippen LogP contribution in [0.4, 0.5) is 14.9 Å². The summed E-state index contributed by atoms with van der Waals surface area (Å²) in [6, 6.07) is 9.81. The number of hydrogen-bond donors (Lipinski definition) is 3. The summed E-state index contributed by atoms with van der Waals surface area (Å²) < 4.78 is 14.5. The van der Waals surface area contributed by atoms with Crippen molar-refractivity contribution < 1.29 is 14.0 Å². The van der Waals surface area contributed by atoms with Crippen LogP contribution in [0, 0.1) is 5.82 Å². The normalized spacial score (nSPS) is 10.6. The molecule has 3 aromatic rings. The van der Waals surface area contributed by atoms with Gasteiger partial charge in [0.15, 0.2) is 0 Å². The zero-order chi connectivity index (χ0) is 19.4. The fourth-order valence-electron chi connectivity index (χ4n) is 2.50. The molecule has 0 aliphatic carbocycles. The van der Waals surface area contributed by atoms with E-state index in [0.29, 0.717) is 11.2 Å². The van der Waals surface area contributed by atoms with Gasteiger partial charge in [-0.05, 0) is 35.9 Å². The van der Waals surface area contributed by atoms with Gasteiger partial charge in [-0.25, -0.2) is 14.2 Å². The first kappa shape index (κ1) is 18.1. The van der Waals surface area contributed by atoms with Gasteiger partial charge in [-0.1, -0.05) is 12.1 Å². The van der Waals surface area contributed by atoms with Gasteiger partial charge in [0.05, 0.1) is 17.2 Å². The van der Waals surface area contributed by atoms with E-state index in [0.717, 1.165) is 16.2 Å². The Kier molecular flexibility index (Phi) is 5.11. The predicted octanol–water partition coefficient (Wildman–Crippen LogP) is 1.34. The van der Waals surface area contributed by atoms with Crippen LogP contribution in [0.5, 0.6) is 0 Å². The maximum absolute atomic E-state index is 13.3. The van der Waals surface area contributed by atoms with Crippen molar-refractivity contribution in [3.63, 3.8) is 0 Å². The molecule has 0 unspecified atom stereocenters. The molecular weight excluding hydrogens is 353 g/mol. The number of urea groups is 1. The Morgan fingerprint density at radius 3 is 2.59 bits per heavy atom. The first-order valence-electron chi connectivity index (χ1n) is 7.99. The molecule has 9 heteroatoms. The van der Waals surface area contributed by atoms with Gasteiger partial charge in [-0.15, -0.1) is 0 Å². The van der Waals surface area contributed by atoms with Crippen LogP contribution in [0.3, 0.4) is 0 Å². The fraction of sp³-hybridized carbons (Fsp3) is 0.111. The molecule has 8 nitrogen and oxygen atoms in total. The lowest BCUT2D eigenvalue weighted by atomic mass is 10.2. The van der Waals surface area contributed by atoms with E-state index in [2.05, 4.69) is 15.6 Å². The summed E-state index contributed by atoms with van der Waals surface area (Å²) in [5.74, 6) is -0.938. The minimum atomic E-state index is -0.662. The first-order chi connectivity index (χ1) is 12.9. The summed E-state index contributed by atoms with van der Waals surface area (Å²) in [5.41, 5.74) is 6.24. The largest absolute Gasteiger partial charge is 0.351 e. The van der Waals surface area contributed by atoms with Crippen LogP contribution < -0.4 is 21.9 Å². The number of primary amides is 1. The van der Waals surface area contributed by atoms with E-state index in [1.165, 1.54) is 18.5 Å². The van der Waals surface area contributed by atoms with Gasteiger partial charge in [-0.3, -0.25) is 14.2 Å². The lowest BCUT2D eigenvalue weighted by Gasteiger charge is -2.09. The van der Waals surface area contributed by atoms with Crippen molar-refractivity contribution in [3.05, 3.63) is 70.5 Å². The van der Waals surface area contributed by atoms with Crippen molar-refractivity contribution in [2.24, 2.45) is 5.73 Å². The van der Waals surface area contributed by atoms with Crippen molar-refractivity contribution in [2.45, 2.75) is 13.1 Å². The fourth-order valence-corrected chi connectivity index (χ4v) is 2.50. The lowest BCUT2D eigenvalue weighted by molar-refractivity contribution is -0.121. The topological polar surface area (TPSA) is 119 Å². The minimum absolute atomic E-state index is 0.114. The highest BCUT2D eigenvalue weighted by atomic mass is 19.1. The van der Waals surface area contributed by atoms with Gasteiger partial charge in [0.25, 0.3) is 5.56 Å². The van der Waals surface area contributed by atoms with Crippen molar-refractivity contribution in [3.8, 4) is 0 Å². The molecule has 1 aromatic heterocycles. The Morgan fingerprint density at radius 2 is 1.89 bits per heavy atom. The van der Waals surface area contributed by atoms with Crippen LogP contribution in [-0.2, 0) is 17.9 Å². The molecule has 0 aliphatic rings. The molecule has 1 heterocycles. The number of fused-ring (bicyclic) bond motifs is 1. The quantitative estimate of drug-likeness (QED) is 0.629. The highest BCUT2D eigenvalue weighted by Crippen LogP contribution is 2.10. The summed E-state index contributed by atoms with van der Waals surface area (Å²) in [5, 5.41) is 5.23. The summed E-state index contributed by atoms with van der Waals surface area (Å²) in [4.78, 5) is 39.3. The molecule has 0 fully saturated rings. The van der Waals surface area contributed by atoms with E-state index < -0.39 is 23.3 Å². The third-order valence-corrected chi connectivity index (χ3v) is 3.81. The summed E-state index contributed by atoms with van der Waals surface area (Å²) in [6.07, 6.45) is 1.26. The van der Waals surface area contributed by atoms with E-state index in [-0.39, 0.29) is 18.5 Å². The van der Waals surface area contributed by atoms with E-state index in [4.69, 9.17) is 5.73 Å². The Morgan fingerprint density at radius 1 is 1.15 bits per heavy atom. The second-order valence-electron chi connectivity index (χ2n) is 5.80. The number of hydrogen-bond acceptors (Lipinski definition) is 4. The molecule has 3 amide bonds. The van der Waals surface area contributed by atoms with E-state index in [9.17, 15) is 18.8 Å². The zero-order valence-electron chi connectivity index (χ0n) is 14.1. The number of nitrogens with two attached hydrogens (primary N) is 1. The predicted molar refractivity (Wildman–Crippen MR) is 97.5 cm³/mol. The summed E-state index contributed by atoms with van der Waals surface area (Å²) in [6.45, 7) is -0.000323. The monoisotopic (exact) mass is 369 g/mol. The summed E-state index contributed by atoms with van der Waals surface area (Å²) in [7, 11) is 0. The number of nitrogens with one attached hydrogen (secondary N) is 2. The van der Waals surface area contributed by atoms with Crippen LogP contribution in [0.1, 0.15) is 5.56 Å². The third-order valence-electron chi connectivity index (χ3n) is 3.81. The smallest absolute Gasteiger partial charge is 0.316 e. The highest BCUT2D eigenvalue weighted by Gasteiger charge is 2.09. The lowest BCUT2D eigenvalue weighted by Crippen LogP contribution is -2.32.